The first-order valence-corrected chi connectivity index (χ1v) is 13.2. The van der Waals surface area contributed by atoms with E-state index < -0.39 is 13.4 Å². The number of hydrogen-bond acceptors (Lipinski definition) is 5. The predicted molar refractivity (Wildman–Crippen MR) is 122 cm³/mol. The van der Waals surface area contributed by atoms with Crippen molar-refractivity contribution in [1.82, 2.24) is 0 Å². The van der Waals surface area contributed by atoms with Gasteiger partial charge in [0.1, 0.15) is 12.1 Å². The highest BCUT2D eigenvalue weighted by molar-refractivity contribution is 7.44. The summed E-state index contributed by atoms with van der Waals surface area (Å²) in [5, 5.41) is 0. The lowest BCUT2D eigenvalue weighted by Crippen LogP contribution is -2.52. The second kappa shape index (κ2) is 14.9. The summed E-state index contributed by atoms with van der Waals surface area (Å²) in [5.41, 5.74) is 5.31. The van der Waals surface area contributed by atoms with Crippen molar-refractivity contribution >= 4 is 7.82 Å². The van der Waals surface area contributed by atoms with Crippen LogP contribution in [0.5, 0.6) is 0 Å². The molecule has 182 valence electrons. The Labute approximate surface area is 185 Å². The van der Waals surface area contributed by atoms with Crippen molar-refractivity contribution in [3.63, 3.8) is 0 Å². The largest absolute Gasteiger partial charge is 0.756 e. The molecule has 0 aliphatic carbocycles. The number of hydrogen-bond donors (Lipinski definition) is 2. The topological polar surface area (TPSA) is 105 Å². The maximum atomic E-state index is 11.7. The average molecular weight is 453 g/mol. The van der Waals surface area contributed by atoms with E-state index in [0.29, 0.717) is 36.9 Å². The highest BCUT2D eigenvalue weighted by atomic mass is 31.2. The molecule has 0 bridgehead atoms. The fourth-order valence-corrected chi connectivity index (χ4v) is 5.00. The number of likely N-dealkylation sites (N-methyl/N-ethyl adjacent to an activating group) is 1. The zero-order valence-corrected chi connectivity index (χ0v) is 21.3. The third-order valence-corrected chi connectivity index (χ3v) is 5.95. The Hall–Kier alpha value is -0.0100. The van der Waals surface area contributed by atoms with Gasteiger partial charge in [-0.1, -0.05) is 51.9 Å². The van der Waals surface area contributed by atoms with Crippen molar-refractivity contribution < 1.29 is 28.1 Å². The Morgan fingerprint density at radius 2 is 1.63 bits per heavy atom. The van der Waals surface area contributed by atoms with Crippen LogP contribution in [0, 0.1) is 0 Å². The molecule has 0 saturated carbocycles. The molecule has 30 heavy (non-hydrogen) atoms. The quantitative estimate of drug-likeness (QED) is 0.175. The molecular weight excluding hydrogens is 403 g/mol. The van der Waals surface area contributed by atoms with E-state index >= 15 is 0 Å². The molecular formula is C22H49N2O5P. The van der Waals surface area contributed by atoms with Gasteiger partial charge >= 0.3 is 0 Å². The third kappa shape index (κ3) is 16.7. The normalized spacial score (nSPS) is 18.6. The molecule has 0 saturated heterocycles. The molecule has 7 nitrogen and oxygen atoms in total. The Bertz CT molecular complexity index is 481. The van der Waals surface area contributed by atoms with E-state index in [1.807, 2.05) is 35.0 Å². The zero-order chi connectivity index (χ0) is 23.3. The molecule has 3 N–H and O–H groups in total. The number of rotatable bonds is 19. The molecule has 0 aromatic carbocycles. The van der Waals surface area contributed by atoms with Gasteiger partial charge in [-0.15, -0.1) is 0 Å². The first-order chi connectivity index (χ1) is 13.8. The monoisotopic (exact) mass is 452 g/mol. The van der Waals surface area contributed by atoms with Crippen LogP contribution >= 0.6 is 7.82 Å². The van der Waals surface area contributed by atoms with Crippen molar-refractivity contribution in [2.75, 3.05) is 34.3 Å². The van der Waals surface area contributed by atoms with Gasteiger partial charge in [-0.25, -0.2) is 0 Å². The number of nitrogens with two attached hydrogens (primary N) is 1. The summed E-state index contributed by atoms with van der Waals surface area (Å²) in [4.78, 5) is 21.2. The van der Waals surface area contributed by atoms with Crippen LogP contribution in [-0.2, 0) is 13.8 Å². The fourth-order valence-electron chi connectivity index (χ4n) is 4.29. The first kappa shape index (κ1) is 30.0. The summed E-state index contributed by atoms with van der Waals surface area (Å²) in [6, 6.07) is -0.0109. The van der Waals surface area contributed by atoms with Crippen LogP contribution in [0.1, 0.15) is 91.4 Å². The molecule has 0 radical (unpaired) electrons. The molecule has 8 heteroatoms. The van der Waals surface area contributed by atoms with Gasteiger partial charge in [0.25, 0.3) is 7.82 Å². The molecule has 4 atom stereocenters. The Kier molecular flexibility index (Phi) is 14.9. The van der Waals surface area contributed by atoms with Crippen molar-refractivity contribution in [1.29, 1.82) is 0 Å². The van der Waals surface area contributed by atoms with Gasteiger partial charge in [0, 0.05) is 19.1 Å². The molecule has 4 unspecified atom stereocenters. The molecule has 0 aliphatic rings. The summed E-state index contributed by atoms with van der Waals surface area (Å²) in [5.74, 6) is 0. The van der Waals surface area contributed by atoms with Crippen molar-refractivity contribution in [2.45, 2.75) is 109 Å². The van der Waals surface area contributed by atoms with E-state index in [2.05, 4.69) is 6.92 Å². The predicted octanol–water partition coefficient (Wildman–Crippen LogP) is 3.97. The van der Waals surface area contributed by atoms with Crippen molar-refractivity contribution in [3.05, 3.63) is 0 Å². The summed E-state index contributed by atoms with van der Waals surface area (Å²) in [7, 11) is 1.04. The van der Waals surface area contributed by atoms with E-state index in [1.165, 1.54) is 38.5 Å². The van der Waals surface area contributed by atoms with Crippen molar-refractivity contribution in [3.8, 4) is 0 Å². The molecule has 0 fully saturated rings. The summed E-state index contributed by atoms with van der Waals surface area (Å²) >= 11 is 0. The Balaban J connectivity index is 4.93. The number of quaternary nitrogens is 1. The molecule has 0 heterocycles. The van der Waals surface area contributed by atoms with Crippen molar-refractivity contribution in [2.24, 2.45) is 5.73 Å². The van der Waals surface area contributed by atoms with E-state index in [9.17, 15) is 14.4 Å². The van der Waals surface area contributed by atoms with Crippen LogP contribution in [0.4, 0.5) is 0 Å². The molecule has 0 amide bonds. The number of nitrogens with zero attached hydrogens (tertiary/aromatic N) is 1. The highest BCUT2D eigenvalue weighted by Gasteiger charge is 2.41. The number of ether oxygens (including phenoxy) is 1. The van der Waals surface area contributed by atoms with Gasteiger partial charge in [-0.2, -0.15) is 0 Å². The van der Waals surface area contributed by atoms with Crippen LogP contribution in [0.3, 0.4) is 0 Å². The van der Waals surface area contributed by atoms with Gasteiger partial charge in [-0.3, -0.25) is 4.57 Å². The minimum absolute atomic E-state index is 0.0109. The first-order valence-electron chi connectivity index (χ1n) is 11.7. The van der Waals surface area contributed by atoms with Gasteiger partial charge in [-0.05, 0) is 33.1 Å². The molecule has 0 aromatic heterocycles. The minimum atomic E-state index is -4.90. The van der Waals surface area contributed by atoms with Gasteiger partial charge in [0.2, 0.25) is 0 Å². The standard InChI is InChI=1S/C22H49N2O5P/c1-7-9-10-11-12-13-14-15-21(23)16-17-22(19-24(4,5)6,29-30(25,26)27)18-20(3)28-8-2/h20-21H,7-19,23H2,1-6H3,(H-,25,26,27). The second-order valence-corrected chi connectivity index (χ2v) is 11.0. The summed E-state index contributed by atoms with van der Waals surface area (Å²) in [6.07, 6.45) is 10.9. The molecule has 0 rings (SSSR count). The van der Waals surface area contributed by atoms with Crippen LogP contribution in [0.25, 0.3) is 0 Å². The second-order valence-electron chi connectivity index (χ2n) is 9.87. The van der Waals surface area contributed by atoms with Gasteiger partial charge in [0.15, 0.2) is 0 Å². The number of phosphoric ester groups is 1. The molecule has 0 spiro atoms. The van der Waals surface area contributed by atoms with Gasteiger partial charge < -0.3 is 29.3 Å². The van der Waals surface area contributed by atoms with E-state index in [4.69, 9.17) is 15.0 Å². The molecule has 0 aliphatic heterocycles. The Morgan fingerprint density at radius 1 is 1.07 bits per heavy atom. The number of phosphoric acid groups is 1. The third-order valence-electron chi connectivity index (χ3n) is 5.33. The lowest BCUT2D eigenvalue weighted by Gasteiger charge is -2.42. The smallest absolute Gasteiger partial charge is 0.266 e. The highest BCUT2D eigenvalue weighted by Crippen LogP contribution is 2.43. The maximum absolute atomic E-state index is 11.7. The number of unbranched alkanes of at least 4 members (excludes halogenated alkanes) is 6. The summed E-state index contributed by atoms with van der Waals surface area (Å²) < 4.78 is 23.2. The fraction of sp³-hybridized carbons (Fsp3) is 1.00. The van der Waals surface area contributed by atoms with Crippen LogP contribution in [0.2, 0.25) is 0 Å². The molecule has 0 aromatic rings. The van der Waals surface area contributed by atoms with E-state index in [1.54, 1.807) is 0 Å². The minimum Gasteiger partial charge on any atom is -0.756 e. The van der Waals surface area contributed by atoms with E-state index in [-0.39, 0.29) is 12.1 Å². The maximum Gasteiger partial charge on any atom is 0.266 e. The van der Waals surface area contributed by atoms with Crippen LogP contribution in [-0.4, -0.2) is 61.4 Å². The van der Waals surface area contributed by atoms with Crippen LogP contribution in [0.15, 0.2) is 0 Å². The average Bonchev–Trinajstić information content (AvgIpc) is 2.56. The summed E-state index contributed by atoms with van der Waals surface area (Å²) in [6.45, 7) is 7.00. The van der Waals surface area contributed by atoms with Crippen LogP contribution < -0.4 is 10.6 Å². The van der Waals surface area contributed by atoms with E-state index in [0.717, 1.165) is 12.8 Å². The Morgan fingerprint density at radius 3 is 2.13 bits per heavy atom. The zero-order valence-electron chi connectivity index (χ0n) is 20.4. The van der Waals surface area contributed by atoms with Gasteiger partial charge in [0.05, 0.1) is 27.2 Å². The SMILES string of the molecule is CCCCCCCCCC(N)CCC(CC(C)OCC)(C[N+](C)(C)C)OP(=O)([O-])O. The lowest BCUT2D eigenvalue weighted by molar-refractivity contribution is -0.877. The lowest BCUT2D eigenvalue weighted by atomic mass is 9.87.